The lowest BCUT2D eigenvalue weighted by Gasteiger charge is -2.26. The lowest BCUT2D eigenvalue weighted by atomic mass is 9.91. The number of hydrogen-bond donors (Lipinski definition) is 1. The number of aromatic nitrogens is 3. The minimum absolute atomic E-state index is 0.0569. The summed E-state index contributed by atoms with van der Waals surface area (Å²) in [6.45, 7) is 5.42. The van der Waals surface area contributed by atoms with Crippen molar-refractivity contribution in [2.24, 2.45) is 5.10 Å². The van der Waals surface area contributed by atoms with E-state index in [1.54, 1.807) is 0 Å². The smallest absolute Gasteiger partial charge is 0.257 e. The topological polar surface area (TPSA) is 90.0 Å². The van der Waals surface area contributed by atoms with Crippen LogP contribution in [0.3, 0.4) is 0 Å². The van der Waals surface area contributed by atoms with Crippen molar-refractivity contribution in [3.05, 3.63) is 93.0 Å². The molecule has 0 atom stereocenters. The van der Waals surface area contributed by atoms with Gasteiger partial charge >= 0.3 is 0 Å². The molecule has 2 aliphatic rings. The summed E-state index contributed by atoms with van der Waals surface area (Å²) >= 11 is 0. The van der Waals surface area contributed by atoms with Crippen LogP contribution in [0.1, 0.15) is 66.7 Å². The van der Waals surface area contributed by atoms with Crippen LogP contribution in [-0.4, -0.2) is 39.0 Å². The van der Waals surface area contributed by atoms with Gasteiger partial charge in [0.15, 0.2) is 0 Å². The Morgan fingerprint density at radius 2 is 1.82 bits per heavy atom. The number of hydrogen-bond acceptors (Lipinski definition) is 5. The molecule has 8 nitrogen and oxygen atoms in total. The van der Waals surface area contributed by atoms with E-state index in [1.807, 2.05) is 40.3 Å². The fourth-order valence-electron chi connectivity index (χ4n) is 5.85. The molecule has 4 heterocycles. The van der Waals surface area contributed by atoms with E-state index >= 15 is 0 Å². The second-order valence-corrected chi connectivity index (χ2v) is 10.4. The van der Waals surface area contributed by atoms with Crippen LogP contribution in [0.5, 0.6) is 0 Å². The molecule has 0 unspecified atom stereocenters. The number of nitrogens with zero attached hydrogens (tertiary/aromatic N) is 4. The third kappa shape index (κ3) is 4.81. The highest BCUT2D eigenvalue weighted by Crippen LogP contribution is 2.29. The van der Waals surface area contributed by atoms with Gasteiger partial charge in [0.1, 0.15) is 5.65 Å². The molecule has 2 aliphatic heterocycles. The number of amides is 1. The zero-order valence-corrected chi connectivity index (χ0v) is 22.4. The van der Waals surface area contributed by atoms with Gasteiger partial charge in [-0.2, -0.15) is 10.2 Å². The number of carbonyl (C=O) groups is 1. The van der Waals surface area contributed by atoms with Crippen molar-refractivity contribution in [1.29, 1.82) is 0 Å². The van der Waals surface area contributed by atoms with Gasteiger partial charge in [0.25, 0.3) is 5.56 Å². The first-order chi connectivity index (χ1) is 19.0. The lowest BCUT2D eigenvalue weighted by Crippen LogP contribution is -2.34. The van der Waals surface area contributed by atoms with Crippen LogP contribution in [0.2, 0.25) is 0 Å². The molecule has 39 heavy (non-hydrogen) atoms. The van der Waals surface area contributed by atoms with Crippen LogP contribution >= 0.6 is 0 Å². The molecule has 6 rings (SSSR count). The van der Waals surface area contributed by atoms with E-state index in [2.05, 4.69) is 47.8 Å². The highest BCUT2D eigenvalue weighted by molar-refractivity contribution is 6.16. The van der Waals surface area contributed by atoms with Crippen molar-refractivity contribution in [2.75, 3.05) is 13.2 Å². The summed E-state index contributed by atoms with van der Waals surface area (Å²) < 4.78 is 9.56. The molecule has 0 saturated carbocycles. The Kier molecular flexibility index (Phi) is 6.87. The Balaban J connectivity index is 1.50. The van der Waals surface area contributed by atoms with Gasteiger partial charge in [-0.15, -0.1) is 0 Å². The molecule has 1 fully saturated rings. The summed E-state index contributed by atoms with van der Waals surface area (Å²) in [7, 11) is 0. The largest absolute Gasteiger partial charge is 0.381 e. The van der Waals surface area contributed by atoms with Gasteiger partial charge in [-0.1, -0.05) is 55.8 Å². The number of hydrazone groups is 1. The SMILES string of the molecule is CCCc1c(Cc2ccc(-c3ccccc3)c(C3=NNC(=O)C3)c2)c(=O)n(C2CCOCC2)c2cc(C)nn12. The number of nitrogens with one attached hydrogen (secondary N) is 1. The van der Waals surface area contributed by atoms with Gasteiger partial charge in [-0.25, -0.2) is 9.94 Å². The Labute approximate surface area is 227 Å². The Hall–Kier alpha value is -4.04. The molecule has 8 heteroatoms. The Morgan fingerprint density at radius 1 is 1.03 bits per heavy atom. The average Bonchev–Trinajstić information content (AvgIpc) is 3.57. The predicted molar refractivity (Wildman–Crippen MR) is 151 cm³/mol. The standard InChI is InChI=1S/C31H33N5O3/c1-3-7-28-26(31(38)35(23-12-14-39-15-13-23)30-16-20(2)34-36(28)30)18-21-10-11-24(22-8-5-4-6-9-22)25(17-21)27-19-29(37)33-32-27/h4-6,8-11,16-17,23H,3,7,12-15,18-19H2,1-2H3,(H,33,37). The molecule has 1 N–H and O–H groups in total. The molecule has 0 radical (unpaired) electrons. The molecule has 200 valence electrons. The van der Waals surface area contributed by atoms with Crippen LogP contribution in [-0.2, 0) is 22.4 Å². The van der Waals surface area contributed by atoms with Gasteiger partial charge < -0.3 is 4.74 Å². The first-order valence-electron chi connectivity index (χ1n) is 13.8. The number of fused-ring (bicyclic) bond motifs is 1. The summed E-state index contributed by atoms with van der Waals surface area (Å²) in [5.74, 6) is -0.113. The Morgan fingerprint density at radius 3 is 2.54 bits per heavy atom. The van der Waals surface area contributed by atoms with Crippen molar-refractivity contribution in [3.8, 4) is 11.1 Å². The number of aryl methyl sites for hydroxylation is 2. The van der Waals surface area contributed by atoms with E-state index < -0.39 is 0 Å². The van der Waals surface area contributed by atoms with E-state index in [0.717, 1.165) is 70.5 Å². The third-order valence-corrected chi connectivity index (χ3v) is 7.69. The summed E-state index contributed by atoms with van der Waals surface area (Å²) in [5.41, 5.74) is 10.9. The molecule has 1 amide bonds. The fourth-order valence-corrected chi connectivity index (χ4v) is 5.85. The molecule has 1 saturated heterocycles. The van der Waals surface area contributed by atoms with E-state index in [0.29, 0.717) is 25.3 Å². The average molecular weight is 524 g/mol. The van der Waals surface area contributed by atoms with Crippen LogP contribution in [0, 0.1) is 6.92 Å². The number of ether oxygens (including phenoxy) is 1. The lowest BCUT2D eigenvalue weighted by molar-refractivity contribution is -0.119. The second-order valence-electron chi connectivity index (χ2n) is 10.4. The van der Waals surface area contributed by atoms with Gasteiger partial charge in [0, 0.05) is 42.9 Å². The van der Waals surface area contributed by atoms with Crippen LogP contribution in [0.25, 0.3) is 16.8 Å². The van der Waals surface area contributed by atoms with E-state index in [4.69, 9.17) is 9.84 Å². The molecule has 2 aromatic heterocycles. The van der Waals surface area contributed by atoms with Gasteiger partial charge in [0.05, 0.1) is 23.5 Å². The van der Waals surface area contributed by atoms with Gasteiger partial charge in [-0.3, -0.25) is 14.2 Å². The van der Waals surface area contributed by atoms with Crippen molar-refractivity contribution in [2.45, 2.75) is 58.4 Å². The summed E-state index contributed by atoms with van der Waals surface area (Å²) in [4.78, 5) is 26.3. The van der Waals surface area contributed by atoms with Crippen molar-refractivity contribution in [3.63, 3.8) is 0 Å². The fraction of sp³-hybridized carbons (Fsp3) is 0.355. The molecule has 0 aliphatic carbocycles. The first kappa shape index (κ1) is 25.2. The summed E-state index contributed by atoms with van der Waals surface area (Å²) in [5, 5.41) is 9.16. The van der Waals surface area contributed by atoms with E-state index in [9.17, 15) is 9.59 Å². The molecule has 0 spiro atoms. The molecule has 4 aromatic rings. The van der Waals surface area contributed by atoms with E-state index in [1.165, 1.54) is 0 Å². The summed E-state index contributed by atoms with van der Waals surface area (Å²) in [6, 6.07) is 18.5. The van der Waals surface area contributed by atoms with Crippen LogP contribution in [0.15, 0.2) is 64.5 Å². The van der Waals surface area contributed by atoms with E-state index in [-0.39, 0.29) is 23.9 Å². The zero-order chi connectivity index (χ0) is 26.9. The van der Waals surface area contributed by atoms with Crippen molar-refractivity contribution in [1.82, 2.24) is 19.6 Å². The van der Waals surface area contributed by atoms with Gasteiger partial charge in [-0.05, 0) is 48.9 Å². The van der Waals surface area contributed by atoms with Crippen LogP contribution in [0.4, 0.5) is 0 Å². The monoisotopic (exact) mass is 523 g/mol. The minimum Gasteiger partial charge on any atom is -0.381 e. The summed E-state index contributed by atoms with van der Waals surface area (Å²) in [6.07, 6.45) is 4.00. The highest BCUT2D eigenvalue weighted by Gasteiger charge is 2.26. The normalized spacial score (nSPS) is 16.1. The number of rotatable bonds is 7. The molecule has 0 bridgehead atoms. The highest BCUT2D eigenvalue weighted by atomic mass is 16.5. The van der Waals surface area contributed by atoms with Crippen molar-refractivity contribution >= 4 is 17.3 Å². The predicted octanol–water partition coefficient (Wildman–Crippen LogP) is 4.59. The minimum atomic E-state index is -0.113. The second kappa shape index (κ2) is 10.6. The molecule has 2 aromatic carbocycles. The maximum Gasteiger partial charge on any atom is 0.257 e. The van der Waals surface area contributed by atoms with Crippen LogP contribution < -0.4 is 11.0 Å². The van der Waals surface area contributed by atoms with Gasteiger partial charge in [0.2, 0.25) is 5.91 Å². The Bertz CT molecular complexity index is 1630. The number of carbonyl (C=O) groups excluding carboxylic acids is 1. The number of benzene rings is 2. The quantitative estimate of drug-likeness (QED) is 0.384. The first-order valence-corrected chi connectivity index (χ1v) is 13.8. The van der Waals surface area contributed by atoms with Crippen molar-refractivity contribution < 1.29 is 9.53 Å². The molecular weight excluding hydrogens is 490 g/mol. The third-order valence-electron chi connectivity index (χ3n) is 7.69. The molecular formula is C31H33N5O3. The maximum absolute atomic E-state index is 14.3. The maximum atomic E-state index is 14.3. The zero-order valence-electron chi connectivity index (χ0n) is 22.4.